The fourth-order valence-corrected chi connectivity index (χ4v) is 5.95. The number of benzene rings is 1. The first-order valence-corrected chi connectivity index (χ1v) is 12.2. The van der Waals surface area contributed by atoms with Crippen molar-refractivity contribution >= 4 is 21.8 Å². The molecule has 3 rings (SSSR count). The molecule has 7 nitrogen and oxygen atoms in total. The molecular formula is C21H28F3N3O4S. The Morgan fingerprint density at radius 1 is 1.09 bits per heavy atom. The number of alkyl halides is 3. The van der Waals surface area contributed by atoms with Crippen LogP contribution in [0.25, 0.3) is 0 Å². The predicted octanol–water partition coefficient (Wildman–Crippen LogP) is 2.61. The fraction of sp³-hybridized carbons (Fsp3) is 0.619. The minimum atomic E-state index is -4.63. The molecule has 2 aliphatic heterocycles. The molecule has 0 aromatic heterocycles. The maximum atomic E-state index is 13.0. The Labute approximate surface area is 185 Å². The number of rotatable bonds is 6. The van der Waals surface area contributed by atoms with E-state index >= 15 is 0 Å². The fourth-order valence-electron chi connectivity index (χ4n) is 4.43. The van der Waals surface area contributed by atoms with E-state index in [-0.39, 0.29) is 36.7 Å². The molecule has 1 unspecified atom stereocenters. The first-order valence-electron chi connectivity index (χ1n) is 10.7. The van der Waals surface area contributed by atoms with Crippen molar-refractivity contribution in [1.82, 2.24) is 9.21 Å². The molecule has 1 aromatic rings. The molecule has 2 fully saturated rings. The second-order valence-electron chi connectivity index (χ2n) is 8.50. The van der Waals surface area contributed by atoms with Gasteiger partial charge in [0.05, 0.1) is 10.5 Å². The minimum Gasteiger partial charge on any atom is -0.370 e. The number of nitrogens with zero attached hydrogens (tertiary/aromatic N) is 2. The molecule has 0 radical (unpaired) electrons. The molecule has 0 spiro atoms. The van der Waals surface area contributed by atoms with E-state index in [4.69, 9.17) is 5.73 Å². The second-order valence-corrected chi connectivity index (χ2v) is 10.4. The molecule has 32 heavy (non-hydrogen) atoms. The van der Waals surface area contributed by atoms with Crippen molar-refractivity contribution in [2.24, 2.45) is 17.6 Å². The molecule has 178 valence electrons. The van der Waals surface area contributed by atoms with Crippen molar-refractivity contribution in [3.63, 3.8) is 0 Å². The van der Waals surface area contributed by atoms with Gasteiger partial charge in [-0.15, -0.1) is 0 Å². The van der Waals surface area contributed by atoms with E-state index in [1.165, 1.54) is 0 Å². The summed E-state index contributed by atoms with van der Waals surface area (Å²) in [6, 6.07) is 3.71. The molecule has 11 heteroatoms. The predicted molar refractivity (Wildman–Crippen MR) is 111 cm³/mol. The third-order valence-corrected chi connectivity index (χ3v) is 8.13. The maximum Gasteiger partial charge on any atom is 0.416 e. The molecule has 2 N–H and O–H groups in total. The number of amides is 2. The summed E-state index contributed by atoms with van der Waals surface area (Å²) in [6.45, 7) is 1.35. The molecule has 2 amide bonds. The van der Waals surface area contributed by atoms with Crippen molar-refractivity contribution in [2.75, 3.05) is 26.2 Å². The summed E-state index contributed by atoms with van der Waals surface area (Å²) in [5.74, 6) is -0.480. The highest BCUT2D eigenvalue weighted by molar-refractivity contribution is 7.89. The van der Waals surface area contributed by atoms with Crippen LogP contribution >= 0.6 is 0 Å². The Hall–Kier alpha value is -2.14. The lowest BCUT2D eigenvalue weighted by Crippen LogP contribution is -2.47. The number of halogens is 3. The SMILES string of the molecule is NC(=O)CCC1CCCN(C(=O)C2CCN(S(=O)(=O)c3cccc(C(F)(F)F)c3)CC2)C1. The average Bonchev–Trinajstić information content (AvgIpc) is 2.77. The third kappa shape index (κ3) is 5.80. The van der Waals surface area contributed by atoms with Gasteiger partial charge in [0, 0.05) is 38.5 Å². The highest BCUT2D eigenvalue weighted by Gasteiger charge is 2.36. The smallest absolute Gasteiger partial charge is 0.370 e. The van der Waals surface area contributed by atoms with Gasteiger partial charge in [0.2, 0.25) is 21.8 Å². The minimum absolute atomic E-state index is 0.0232. The number of likely N-dealkylation sites (tertiary alicyclic amines) is 1. The third-order valence-electron chi connectivity index (χ3n) is 6.23. The summed E-state index contributed by atoms with van der Waals surface area (Å²) in [4.78, 5) is 25.4. The van der Waals surface area contributed by atoms with Crippen molar-refractivity contribution in [2.45, 2.75) is 49.6 Å². The molecule has 1 aromatic carbocycles. The summed E-state index contributed by atoms with van der Waals surface area (Å²) in [7, 11) is -4.08. The number of carbonyl (C=O) groups excluding carboxylic acids is 2. The monoisotopic (exact) mass is 475 g/mol. The zero-order valence-electron chi connectivity index (χ0n) is 17.7. The zero-order valence-corrected chi connectivity index (χ0v) is 18.5. The van der Waals surface area contributed by atoms with Crippen LogP contribution in [0.4, 0.5) is 13.2 Å². The van der Waals surface area contributed by atoms with E-state index in [2.05, 4.69) is 0 Å². The van der Waals surface area contributed by atoms with E-state index in [9.17, 15) is 31.2 Å². The number of carbonyl (C=O) groups is 2. The Balaban J connectivity index is 1.59. The van der Waals surface area contributed by atoms with Gasteiger partial charge in [-0.1, -0.05) is 6.07 Å². The van der Waals surface area contributed by atoms with Crippen LogP contribution in [0.3, 0.4) is 0 Å². The van der Waals surface area contributed by atoms with Gasteiger partial charge >= 0.3 is 6.18 Å². The van der Waals surface area contributed by atoms with E-state index in [0.29, 0.717) is 44.8 Å². The van der Waals surface area contributed by atoms with E-state index in [1.54, 1.807) is 4.90 Å². The van der Waals surface area contributed by atoms with Crippen LogP contribution in [0, 0.1) is 11.8 Å². The molecule has 0 saturated carbocycles. The number of primary amides is 1. The van der Waals surface area contributed by atoms with Gasteiger partial charge in [0.25, 0.3) is 0 Å². The Morgan fingerprint density at radius 2 is 1.78 bits per heavy atom. The molecule has 0 aliphatic carbocycles. The van der Waals surface area contributed by atoms with Crippen LogP contribution in [0.15, 0.2) is 29.2 Å². The lowest BCUT2D eigenvalue weighted by Gasteiger charge is -2.37. The lowest BCUT2D eigenvalue weighted by atomic mass is 9.90. The molecule has 1 atom stereocenters. The number of hydrogen-bond donors (Lipinski definition) is 1. The number of piperidine rings is 2. The first-order chi connectivity index (χ1) is 15.0. The van der Waals surface area contributed by atoms with Crippen molar-refractivity contribution in [3.05, 3.63) is 29.8 Å². The molecule has 0 bridgehead atoms. The van der Waals surface area contributed by atoms with E-state index in [0.717, 1.165) is 35.3 Å². The molecule has 2 aliphatic rings. The number of sulfonamides is 1. The highest BCUT2D eigenvalue weighted by Crippen LogP contribution is 2.32. The van der Waals surface area contributed by atoms with Gasteiger partial charge in [0.15, 0.2) is 0 Å². The van der Waals surface area contributed by atoms with Gasteiger partial charge in [0.1, 0.15) is 0 Å². The maximum absolute atomic E-state index is 13.0. The summed E-state index contributed by atoms with van der Waals surface area (Å²) in [6.07, 6.45) is -1.28. The van der Waals surface area contributed by atoms with Gasteiger partial charge in [-0.3, -0.25) is 9.59 Å². The van der Waals surface area contributed by atoms with Gasteiger partial charge in [-0.25, -0.2) is 8.42 Å². The Bertz CT molecular complexity index is 944. The highest BCUT2D eigenvalue weighted by atomic mass is 32.2. The number of hydrogen-bond acceptors (Lipinski definition) is 4. The topological polar surface area (TPSA) is 101 Å². The second kappa shape index (κ2) is 9.78. The average molecular weight is 476 g/mol. The van der Waals surface area contributed by atoms with Crippen molar-refractivity contribution < 1.29 is 31.2 Å². The molecule has 2 saturated heterocycles. The molecule has 2 heterocycles. The first kappa shape index (κ1) is 24.5. The largest absolute Gasteiger partial charge is 0.416 e. The zero-order chi connectivity index (χ0) is 23.5. The van der Waals surface area contributed by atoms with Crippen LogP contribution in [-0.4, -0.2) is 55.6 Å². The standard InChI is InChI=1S/C21H28F3N3O4S/c22-21(23,24)17-4-1-5-18(13-17)32(30,31)27-11-8-16(9-12-27)20(29)26-10-2-3-15(14-26)6-7-19(25)28/h1,4-5,13,15-16H,2-3,6-12,14H2,(H2,25,28). The Morgan fingerprint density at radius 3 is 2.41 bits per heavy atom. The van der Waals surface area contributed by atoms with Crippen molar-refractivity contribution in [1.29, 1.82) is 0 Å². The quantitative estimate of drug-likeness (QED) is 0.684. The summed E-state index contributed by atoms with van der Waals surface area (Å²) < 4.78 is 65.7. The van der Waals surface area contributed by atoms with Crippen LogP contribution in [0.5, 0.6) is 0 Å². The number of nitrogens with two attached hydrogens (primary N) is 1. The normalized spacial score (nSPS) is 21.5. The van der Waals surface area contributed by atoms with Crippen LogP contribution < -0.4 is 5.73 Å². The van der Waals surface area contributed by atoms with E-state index < -0.39 is 26.7 Å². The molecular weight excluding hydrogens is 447 g/mol. The summed E-state index contributed by atoms with van der Waals surface area (Å²) in [5, 5.41) is 0. The van der Waals surface area contributed by atoms with Gasteiger partial charge in [-0.05, 0) is 56.2 Å². The van der Waals surface area contributed by atoms with Gasteiger partial charge < -0.3 is 10.6 Å². The van der Waals surface area contributed by atoms with E-state index in [1.807, 2.05) is 0 Å². The van der Waals surface area contributed by atoms with Crippen LogP contribution in [0.1, 0.15) is 44.1 Å². The van der Waals surface area contributed by atoms with Crippen LogP contribution in [-0.2, 0) is 25.8 Å². The van der Waals surface area contributed by atoms with Crippen LogP contribution in [0.2, 0.25) is 0 Å². The lowest BCUT2D eigenvalue weighted by molar-refractivity contribution is -0.139. The Kier molecular flexibility index (Phi) is 7.49. The van der Waals surface area contributed by atoms with Gasteiger partial charge in [-0.2, -0.15) is 17.5 Å². The van der Waals surface area contributed by atoms with Crippen molar-refractivity contribution in [3.8, 4) is 0 Å². The summed E-state index contributed by atoms with van der Waals surface area (Å²) >= 11 is 0. The summed E-state index contributed by atoms with van der Waals surface area (Å²) in [5.41, 5.74) is 4.20.